The van der Waals surface area contributed by atoms with Crippen LogP contribution in [0.25, 0.3) is 0 Å². The van der Waals surface area contributed by atoms with Crippen molar-refractivity contribution in [3.8, 4) is 0 Å². The van der Waals surface area contributed by atoms with Crippen LogP contribution in [0, 0.1) is 0 Å². The summed E-state index contributed by atoms with van der Waals surface area (Å²) in [6.45, 7) is 0.604. The van der Waals surface area contributed by atoms with E-state index in [1.54, 1.807) is 0 Å². The lowest BCUT2D eigenvalue weighted by Crippen LogP contribution is -2.29. The molecule has 0 aliphatic heterocycles. The van der Waals surface area contributed by atoms with Crippen LogP contribution in [0.4, 0.5) is 13.2 Å². The Morgan fingerprint density at radius 2 is 1.77 bits per heavy atom. The lowest BCUT2D eigenvalue weighted by molar-refractivity contribution is -0.139. The average Bonchev–Trinajstić information content (AvgIpc) is 2.47. The first-order valence-corrected chi connectivity index (χ1v) is 6.53. The molecule has 1 aromatic carbocycles. The SMILES string of the molecule is NCCCC[C@H](N)C(=O)O.O=Cc1ccc(C(F)(F)F)cc1. The lowest BCUT2D eigenvalue weighted by Gasteiger charge is -2.04. The van der Waals surface area contributed by atoms with Crippen LogP contribution in [0.1, 0.15) is 35.2 Å². The smallest absolute Gasteiger partial charge is 0.416 e. The minimum absolute atomic E-state index is 0.239. The van der Waals surface area contributed by atoms with Crippen LogP contribution in [0.5, 0.6) is 0 Å². The molecule has 1 atom stereocenters. The fraction of sp³-hybridized carbons (Fsp3) is 0.429. The molecule has 8 heteroatoms. The van der Waals surface area contributed by atoms with Gasteiger partial charge in [-0.1, -0.05) is 18.6 Å². The molecule has 0 radical (unpaired) electrons. The van der Waals surface area contributed by atoms with Crippen molar-refractivity contribution >= 4 is 12.3 Å². The maximum atomic E-state index is 11.9. The summed E-state index contributed by atoms with van der Waals surface area (Å²) in [4.78, 5) is 20.2. The Kier molecular flexibility index (Phi) is 9.04. The first kappa shape index (κ1) is 20.1. The molecule has 0 saturated heterocycles. The molecule has 0 spiro atoms. The summed E-state index contributed by atoms with van der Waals surface area (Å²) in [5.74, 6) is -0.933. The predicted octanol–water partition coefficient (Wildman–Crippen LogP) is 2.05. The van der Waals surface area contributed by atoms with Crippen LogP contribution in [-0.2, 0) is 11.0 Å². The van der Waals surface area contributed by atoms with Gasteiger partial charge in [-0.15, -0.1) is 0 Å². The summed E-state index contributed by atoms with van der Waals surface area (Å²) in [6, 6.07) is 3.31. The standard InChI is InChI=1S/C8H5F3O.C6H14N2O2/c9-8(10,11)7-3-1-6(5-12)2-4-7;7-4-2-1-3-5(8)6(9)10/h1-5H;5H,1-4,7-8H2,(H,9,10)/t;5-/m.0/s1. The molecule has 0 saturated carbocycles. The number of carbonyl (C=O) groups excluding carboxylic acids is 1. The van der Waals surface area contributed by atoms with E-state index in [0.717, 1.165) is 37.1 Å². The van der Waals surface area contributed by atoms with Gasteiger partial charge < -0.3 is 16.6 Å². The van der Waals surface area contributed by atoms with Gasteiger partial charge in [-0.2, -0.15) is 13.2 Å². The van der Waals surface area contributed by atoms with Crippen LogP contribution in [0.2, 0.25) is 0 Å². The summed E-state index contributed by atoms with van der Waals surface area (Å²) in [6.07, 6.45) is -1.67. The van der Waals surface area contributed by atoms with Crippen LogP contribution < -0.4 is 11.5 Å². The molecule has 0 unspecified atom stereocenters. The van der Waals surface area contributed by atoms with E-state index in [-0.39, 0.29) is 5.56 Å². The number of unbranched alkanes of at least 4 members (excludes halogenated alkanes) is 1. The van der Waals surface area contributed by atoms with E-state index < -0.39 is 23.8 Å². The molecule has 0 bridgehead atoms. The number of alkyl halides is 3. The Hall–Kier alpha value is -1.93. The van der Waals surface area contributed by atoms with Crippen LogP contribution >= 0.6 is 0 Å². The number of hydrogen-bond acceptors (Lipinski definition) is 4. The van der Waals surface area contributed by atoms with Crippen molar-refractivity contribution < 1.29 is 27.9 Å². The largest absolute Gasteiger partial charge is 0.480 e. The molecule has 1 aromatic rings. The zero-order valence-electron chi connectivity index (χ0n) is 11.8. The molecule has 0 fully saturated rings. The van der Waals surface area contributed by atoms with Gasteiger partial charge in [0.05, 0.1) is 5.56 Å². The average molecular weight is 320 g/mol. The number of hydrogen-bond donors (Lipinski definition) is 3. The van der Waals surface area contributed by atoms with Gasteiger partial charge >= 0.3 is 12.1 Å². The minimum Gasteiger partial charge on any atom is -0.480 e. The highest BCUT2D eigenvalue weighted by Crippen LogP contribution is 2.28. The van der Waals surface area contributed by atoms with E-state index in [1.165, 1.54) is 0 Å². The number of nitrogens with two attached hydrogens (primary N) is 2. The molecular formula is C14H19F3N2O3. The van der Waals surface area contributed by atoms with Crippen LogP contribution in [-0.4, -0.2) is 29.9 Å². The Labute approximate surface area is 126 Å². The Morgan fingerprint density at radius 3 is 2.14 bits per heavy atom. The number of aldehydes is 1. The summed E-state index contributed by atoms with van der Waals surface area (Å²) < 4.78 is 35.8. The maximum absolute atomic E-state index is 11.9. The van der Waals surface area contributed by atoms with Crippen molar-refractivity contribution in [3.63, 3.8) is 0 Å². The Balaban J connectivity index is 0.000000409. The molecule has 0 amide bonds. The van der Waals surface area contributed by atoms with Gasteiger partial charge in [0.2, 0.25) is 0 Å². The van der Waals surface area contributed by atoms with Gasteiger partial charge in [0.15, 0.2) is 0 Å². The first-order chi connectivity index (χ1) is 10.2. The number of rotatable bonds is 6. The van der Waals surface area contributed by atoms with Crippen molar-refractivity contribution in [2.24, 2.45) is 11.5 Å². The van der Waals surface area contributed by atoms with Gasteiger partial charge in [0.25, 0.3) is 0 Å². The summed E-state index contributed by atoms with van der Waals surface area (Å²) >= 11 is 0. The molecule has 0 aliphatic rings. The normalized spacial score (nSPS) is 12.0. The van der Waals surface area contributed by atoms with E-state index in [1.807, 2.05) is 0 Å². The number of carboxylic acids is 1. The van der Waals surface area contributed by atoms with E-state index in [4.69, 9.17) is 16.6 Å². The third kappa shape index (κ3) is 8.38. The zero-order valence-corrected chi connectivity index (χ0v) is 11.8. The van der Waals surface area contributed by atoms with Crippen molar-refractivity contribution in [1.29, 1.82) is 0 Å². The van der Waals surface area contributed by atoms with E-state index in [0.29, 0.717) is 19.3 Å². The Bertz CT molecular complexity index is 461. The molecule has 0 heterocycles. The second-order valence-corrected chi connectivity index (χ2v) is 4.47. The molecular weight excluding hydrogens is 301 g/mol. The van der Waals surface area contributed by atoms with Crippen molar-refractivity contribution in [1.82, 2.24) is 0 Å². The van der Waals surface area contributed by atoms with Gasteiger partial charge in [-0.05, 0) is 31.5 Å². The van der Waals surface area contributed by atoms with Gasteiger partial charge in [0.1, 0.15) is 12.3 Å². The lowest BCUT2D eigenvalue weighted by atomic mass is 10.1. The molecule has 1 rings (SSSR count). The fourth-order valence-electron chi connectivity index (χ4n) is 1.38. The molecule has 5 nitrogen and oxygen atoms in total. The molecule has 124 valence electrons. The van der Waals surface area contributed by atoms with Crippen LogP contribution in [0.15, 0.2) is 24.3 Å². The van der Waals surface area contributed by atoms with Crippen molar-refractivity contribution in [2.45, 2.75) is 31.5 Å². The monoisotopic (exact) mass is 320 g/mol. The van der Waals surface area contributed by atoms with E-state index in [2.05, 4.69) is 0 Å². The third-order valence-corrected chi connectivity index (χ3v) is 2.66. The first-order valence-electron chi connectivity index (χ1n) is 6.53. The van der Waals surface area contributed by atoms with Crippen molar-refractivity contribution in [2.75, 3.05) is 6.54 Å². The predicted molar refractivity (Wildman–Crippen MR) is 75.3 cm³/mol. The summed E-state index contributed by atoms with van der Waals surface area (Å²) in [5.41, 5.74) is 9.92. The number of carboxylic acid groups (broad SMARTS) is 1. The summed E-state index contributed by atoms with van der Waals surface area (Å²) in [7, 11) is 0. The highest BCUT2D eigenvalue weighted by atomic mass is 19.4. The number of carbonyl (C=O) groups is 2. The molecule has 5 N–H and O–H groups in total. The Morgan fingerprint density at radius 1 is 1.23 bits per heavy atom. The number of aliphatic carboxylic acids is 1. The quantitative estimate of drug-likeness (QED) is 0.549. The van der Waals surface area contributed by atoms with E-state index in [9.17, 15) is 22.8 Å². The highest BCUT2D eigenvalue weighted by Gasteiger charge is 2.29. The second-order valence-electron chi connectivity index (χ2n) is 4.47. The highest BCUT2D eigenvalue weighted by molar-refractivity contribution is 5.74. The van der Waals surface area contributed by atoms with E-state index >= 15 is 0 Å². The minimum atomic E-state index is -4.33. The van der Waals surface area contributed by atoms with Gasteiger partial charge in [0, 0.05) is 5.56 Å². The zero-order chi connectivity index (χ0) is 17.2. The second kappa shape index (κ2) is 9.91. The van der Waals surface area contributed by atoms with Crippen molar-refractivity contribution in [3.05, 3.63) is 35.4 Å². The molecule has 0 aliphatic carbocycles. The van der Waals surface area contributed by atoms with Crippen LogP contribution in [0.3, 0.4) is 0 Å². The number of benzene rings is 1. The molecule has 0 aromatic heterocycles. The van der Waals surface area contributed by atoms with Gasteiger partial charge in [-0.25, -0.2) is 0 Å². The maximum Gasteiger partial charge on any atom is 0.416 e. The fourth-order valence-corrected chi connectivity index (χ4v) is 1.38. The van der Waals surface area contributed by atoms with Gasteiger partial charge in [-0.3, -0.25) is 9.59 Å². The third-order valence-electron chi connectivity index (χ3n) is 2.66. The topological polar surface area (TPSA) is 106 Å². The molecule has 22 heavy (non-hydrogen) atoms. The summed E-state index contributed by atoms with van der Waals surface area (Å²) in [5, 5.41) is 8.33. The number of halogens is 3.